The largest absolute Gasteiger partial charge is 0.370 e. The third-order valence-electron chi connectivity index (χ3n) is 3.64. The van der Waals surface area contributed by atoms with Crippen LogP contribution in [0.25, 0.3) is 10.2 Å². The molecule has 0 radical (unpaired) electrons. The lowest BCUT2D eigenvalue weighted by Gasteiger charge is -2.09. The lowest BCUT2D eigenvalue weighted by Crippen LogP contribution is -2.10. The van der Waals surface area contributed by atoms with E-state index in [4.69, 9.17) is 9.97 Å². The van der Waals surface area contributed by atoms with Gasteiger partial charge in [0.15, 0.2) is 5.82 Å². The lowest BCUT2D eigenvalue weighted by molar-refractivity contribution is 0.640. The Morgan fingerprint density at radius 2 is 2.05 bits per heavy atom. The number of anilines is 1. The summed E-state index contributed by atoms with van der Waals surface area (Å²) in [5.41, 5.74) is 2.38. The van der Waals surface area contributed by atoms with E-state index in [9.17, 15) is 0 Å². The fourth-order valence-corrected chi connectivity index (χ4v) is 3.41. The quantitative estimate of drug-likeness (QED) is 0.803. The molecule has 3 rings (SSSR count). The zero-order valence-electron chi connectivity index (χ0n) is 12.8. The van der Waals surface area contributed by atoms with E-state index in [0.717, 1.165) is 34.1 Å². The highest BCUT2D eigenvalue weighted by Crippen LogP contribution is 2.33. The molecule has 0 aliphatic heterocycles. The molecule has 0 unspecified atom stereocenters. The number of fused-ring (bicyclic) bond motifs is 1. The van der Waals surface area contributed by atoms with Crippen LogP contribution in [0.4, 0.5) is 5.82 Å². The maximum Gasteiger partial charge on any atom is 0.153 e. The summed E-state index contributed by atoms with van der Waals surface area (Å²) in [5, 5.41) is 8.83. The van der Waals surface area contributed by atoms with Crippen molar-refractivity contribution >= 4 is 27.4 Å². The molecule has 0 spiro atoms. The molecule has 0 saturated carbocycles. The Labute approximate surface area is 128 Å². The molecule has 110 valence electrons. The average molecular weight is 301 g/mol. The summed E-state index contributed by atoms with van der Waals surface area (Å²) < 4.78 is 1.92. The Morgan fingerprint density at radius 3 is 2.71 bits per heavy atom. The van der Waals surface area contributed by atoms with Gasteiger partial charge in [0.1, 0.15) is 17.2 Å². The van der Waals surface area contributed by atoms with Gasteiger partial charge in [0.2, 0.25) is 0 Å². The number of thiophene rings is 1. The molecular weight excluding hydrogens is 282 g/mol. The van der Waals surface area contributed by atoms with Crippen LogP contribution in [0.2, 0.25) is 0 Å². The second-order valence-electron chi connectivity index (χ2n) is 5.11. The van der Waals surface area contributed by atoms with Crippen LogP contribution in [0.5, 0.6) is 0 Å². The van der Waals surface area contributed by atoms with Gasteiger partial charge in [-0.3, -0.25) is 4.68 Å². The molecule has 0 bridgehead atoms. The molecule has 0 saturated heterocycles. The van der Waals surface area contributed by atoms with Crippen molar-refractivity contribution in [3.8, 4) is 0 Å². The third-order valence-corrected chi connectivity index (χ3v) is 4.74. The molecule has 0 aromatic carbocycles. The molecule has 3 aromatic heterocycles. The van der Waals surface area contributed by atoms with Crippen molar-refractivity contribution in [3.05, 3.63) is 34.2 Å². The van der Waals surface area contributed by atoms with Crippen molar-refractivity contribution in [3.63, 3.8) is 0 Å². The van der Waals surface area contributed by atoms with E-state index in [1.807, 2.05) is 17.7 Å². The number of hydrogen-bond donors (Lipinski definition) is 1. The summed E-state index contributed by atoms with van der Waals surface area (Å²) >= 11 is 1.73. The highest BCUT2D eigenvalue weighted by atomic mass is 32.1. The highest BCUT2D eigenvalue weighted by molar-refractivity contribution is 7.18. The Balaban J connectivity index is 2.10. The summed E-state index contributed by atoms with van der Waals surface area (Å²) in [6.45, 7) is 9.84. The lowest BCUT2D eigenvalue weighted by atomic mass is 10.2. The van der Waals surface area contributed by atoms with Crippen molar-refractivity contribution in [1.29, 1.82) is 0 Å². The highest BCUT2D eigenvalue weighted by Gasteiger charge is 2.14. The molecule has 6 heteroatoms. The van der Waals surface area contributed by atoms with Gasteiger partial charge in [0.25, 0.3) is 0 Å². The van der Waals surface area contributed by atoms with Crippen molar-refractivity contribution in [1.82, 2.24) is 19.7 Å². The number of hydrogen-bond acceptors (Lipinski definition) is 5. The molecule has 0 aliphatic carbocycles. The van der Waals surface area contributed by atoms with E-state index in [2.05, 4.69) is 31.2 Å². The maximum atomic E-state index is 4.72. The van der Waals surface area contributed by atoms with Gasteiger partial charge >= 0.3 is 0 Å². The molecule has 3 aromatic rings. The van der Waals surface area contributed by atoms with Crippen LogP contribution >= 0.6 is 11.3 Å². The van der Waals surface area contributed by atoms with Crippen molar-refractivity contribution in [2.45, 2.75) is 34.2 Å². The van der Waals surface area contributed by atoms with Crippen LogP contribution in [0, 0.1) is 20.8 Å². The van der Waals surface area contributed by atoms with E-state index < -0.39 is 0 Å². The Bertz CT molecular complexity index is 787. The summed E-state index contributed by atoms with van der Waals surface area (Å²) in [7, 11) is 0. The molecule has 21 heavy (non-hydrogen) atoms. The zero-order valence-corrected chi connectivity index (χ0v) is 13.6. The Hall–Kier alpha value is -1.95. The van der Waals surface area contributed by atoms with Crippen LogP contribution in [0.3, 0.4) is 0 Å². The topological polar surface area (TPSA) is 55.6 Å². The maximum absolute atomic E-state index is 4.72. The number of rotatable bonds is 4. The first-order chi connectivity index (χ1) is 10.1. The summed E-state index contributed by atoms with van der Waals surface area (Å²) in [6, 6.07) is 1.99. The summed E-state index contributed by atoms with van der Waals surface area (Å²) in [6.07, 6.45) is 1.80. The van der Waals surface area contributed by atoms with Crippen molar-refractivity contribution in [2.24, 2.45) is 0 Å². The first kappa shape index (κ1) is 14.0. The van der Waals surface area contributed by atoms with Gasteiger partial charge in [0, 0.05) is 23.3 Å². The first-order valence-electron chi connectivity index (χ1n) is 7.09. The molecule has 3 heterocycles. The van der Waals surface area contributed by atoms with Crippen LogP contribution in [0.1, 0.15) is 28.9 Å². The third kappa shape index (κ3) is 2.51. The van der Waals surface area contributed by atoms with Gasteiger partial charge in [-0.05, 0) is 39.3 Å². The fraction of sp³-hybridized carbons (Fsp3) is 0.400. The standard InChI is InChI=1S/C15H19N5S/c1-5-16-14-13-10(3)11(4)21-15(13)19-12(18-14)8-20-9(2)6-7-17-20/h6-7H,5,8H2,1-4H3,(H,16,18,19). The van der Waals surface area contributed by atoms with Gasteiger partial charge in [-0.15, -0.1) is 11.3 Å². The van der Waals surface area contributed by atoms with E-state index >= 15 is 0 Å². The molecule has 0 fully saturated rings. The smallest absolute Gasteiger partial charge is 0.153 e. The van der Waals surface area contributed by atoms with Crippen LogP contribution in [-0.4, -0.2) is 26.3 Å². The van der Waals surface area contributed by atoms with Crippen LogP contribution < -0.4 is 5.32 Å². The van der Waals surface area contributed by atoms with E-state index in [1.54, 1.807) is 17.5 Å². The number of aromatic nitrogens is 4. The van der Waals surface area contributed by atoms with Crippen LogP contribution in [-0.2, 0) is 6.54 Å². The SMILES string of the molecule is CCNc1nc(Cn2nccc2C)nc2sc(C)c(C)c12. The normalized spacial score (nSPS) is 11.2. The molecule has 0 atom stereocenters. The second kappa shape index (κ2) is 5.44. The average Bonchev–Trinajstić information content (AvgIpc) is 2.95. The Morgan fingerprint density at radius 1 is 1.24 bits per heavy atom. The Kier molecular flexibility index (Phi) is 3.63. The number of nitrogens with zero attached hydrogens (tertiary/aromatic N) is 4. The van der Waals surface area contributed by atoms with E-state index in [-0.39, 0.29) is 0 Å². The minimum absolute atomic E-state index is 0.600. The second-order valence-corrected chi connectivity index (χ2v) is 6.32. The number of nitrogens with one attached hydrogen (secondary N) is 1. The predicted octanol–water partition coefficient (Wildman–Crippen LogP) is 3.29. The first-order valence-corrected chi connectivity index (χ1v) is 7.90. The minimum atomic E-state index is 0.600. The van der Waals surface area contributed by atoms with Gasteiger partial charge < -0.3 is 5.32 Å². The zero-order chi connectivity index (χ0) is 15.0. The van der Waals surface area contributed by atoms with Gasteiger partial charge in [-0.1, -0.05) is 0 Å². The van der Waals surface area contributed by atoms with Gasteiger partial charge in [-0.2, -0.15) is 5.10 Å². The molecule has 1 N–H and O–H groups in total. The van der Waals surface area contributed by atoms with Crippen molar-refractivity contribution in [2.75, 3.05) is 11.9 Å². The molecule has 5 nitrogen and oxygen atoms in total. The van der Waals surface area contributed by atoms with Crippen molar-refractivity contribution < 1.29 is 0 Å². The van der Waals surface area contributed by atoms with Gasteiger partial charge in [-0.25, -0.2) is 9.97 Å². The van der Waals surface area contributed by atoms with E-state index in [0.29, 0.717) is 6.54 Å². The van der Waals surface area contributed by atoms with Crippen LogP contribution in [0.15, 0.2) is 12.3 Å². The minimum Gasteiger partial charge on any atom is -0.370 e. The predicted molar refractivity (Wildman–Crippen MR) is 87.1 cm³/mol. The fourth-order valence-electron chi connectivity index (χ4n) is 2.36. The van der Waals surface area contributed by atoms with Gasteiger partial charge in [0.05, 0.1) is 5.39 Å². The molecule has 0 aliphatic rings. The molecular formula is C15H19N5S. The number of aryl methyl sites for hydroxylation is 3. The molecule has 0 amide bonds. The van der Waals surface area contributed by atoms with E-state index in [1.165, 1.54) is 10.4 Å². The summed E-state index contributed by atoms with van der Waals surface area (Å²) in [5.74, 6) is 1.73. The monoisotopic (exact) mass is 301 g/mol. The summed E-state index contributed by atoms with van der Waals surface area (Å²) in [4.78, 5) is 11.8.